The molecular formula is C30H29N7O2S2. The Labute approximate surface area is 246 Å². The largest absolute Gasteiger partial charge is 0.377 e. The van der Waals surface area contributed by atoms with E-state index < -0.39 is 5.60 Å². The summed E-state index contributed by atoms with van der Waals surface area (Å²) in [6.07, 6.45) is 8.01. The Morgan fingerprint density at radius 1 is 1.15 bits per heavy atom. The van der Waals surface area contributed by atoms with E-state index in [9.17, 15) is 5.26 Å². The van der Waals surface area contributed by atoms with Crippen LogP contribution in [0.1, 0.15) is 35.4 Å². The lowest BCUT2D eigenvalue weighted by molar-refractivity contribution is -0.166. The summed E-state index contributed by atoms with van der Waals surface area (Å²) in [4.78, 5) is 13.0. The number of thiol groups is 1. The average Bonchev–Trinajstić information content (AvgIpc) is 3.71. The van der Waals surface area contributed by atoms with Crippen molar-refractivity contribution in [2.24, 2.45) is 7.05 Å². The monoisotopic (exact) mass is 583 g/mol. The van der Waals surface area contributed by atoms with Crippen LogP contribution in [0.4, 0.5) is 0 Å². The number of aromatic nitrogens is 5. The third kappa shape index (κ3) is 3.61. The van der Waals surface area contributed by atoms with Gasteiger partial charge in [-0.1, -0.05) is 18.9 Å². The molecule has 0 bridgehead atoms. The number of aryl methyl sites for hydroxylation is 2. The molecule has 0 unspecified atom stereocenters. The summed E-state index contributed by atoms with van der Waals surface area (Å²) >= 11 is 6.71. The standard InChI is InChI=1S/C30H29N7O2S2/c1-18-32-14-23(41-18)27-24(19-3-4-22-20(11-19)13-34-35(22)2)25-26-21(12-33-28(25)37(27)40)15-39-30(26)6-9-36(10-7-30)29(5-8-31)16-38-17-29/h3-4,11-14,40H,5-7,9-10,15-17H2,1-2H3. The molecule has 1 aromatic carbocycles. The van der Waals surface area contributed by atoms with E-state index in [0.717, 1.165) is 80.1 Å². The molecule has 0 saturated carbocycles. The topological polar surface area (TPSA) is 94.0 Å². The van der Waals surface area contributed by atoms with Gasteiger partial charge in [-0.25, -0.2) is 9.97 Å². The Kier molecular flexibility index (Phi) is 5.65. The third-order valence-electron chi connectivity index (χ3n) is 9.28. The number of ether oxygens (including phenoxy) is 2. The van der Waals surface area contributed by atoms with E-state index in [1.807, 2.05) is 41.2 Å². The molecular weight excluding hydrogens is 555 g/mol. The first-order valence-corrected chi connectivity index (χ1v) is 15.1. The molecule has 2 fully saturated rings. The molecule has 3 aliphatic rings. The molecule has 4 aromatic heterocycles. The molecule has 41 heavy (non-hydrogen) atoms. The van der Waals surface area contributed by atoms with Crippen molar-refractivity contribution >= 4 is 46.1 Å². The van der Waals surface area contributed by atoms with Gasteiger partial charge in [0.2, 0.25) is 0 Å². The molecule has 7 heterocycles. The summed E-state index contributed by atoms with van der Waals surface area (Å²) in [7, 11) is 1.97. The number of pyridine rings is 1. The smallest absolute Gasteiger partial charge is 0.151 e. The third-order valence-corrected chi connectivity index (χ3v) is 10.6. The summed E-state index contributed by atoms with van der Waals surface area (Å²) in [5.74, 6) is 0. The van der Waals surface area contributed by atoms with Gasteiger partial charge in [-0.3, -0.25) is 13.6 Å². The Morgan fingerprint density at radius 2 is 1.98 bits per heavy atom. The SMILES string of the molecule is Cc1ncc(-c2c(-c3ccc4c(cnn4C)c3)c3c4c(cnc3n2S)COC42CCN(C3(CC#N)COC3)CC2)s1. The summed E-state index contributed by atoms with van der Waals surface area (Å²) in [6, 6.07) is 8.92. The van der Waals surface area contributed by atoms with Crippen LogP contribution < -0.4 is 0 Å². The summed E-state index contributed by atoms with van der Waals surface area (Å²) in [5.41, 5.74) is 6.90. The van der Waals surface area contributed by atoms with Crippen molar-refractivity contribution in [2.45, 2.75) is 43.9 Å². The molecule has 8 rings (SSSR count). The molecule has 3 aliphatic heterocycles. The highest BCUT2D eigenvalue weighted by Crippen LogP contribution is 2.53. The Hall–Kier alpha value is -3.27. The van der Waals surface area contributed by atoms with Gasteiger partial charge in [0, 0.05) is 60.0 Å². The zero-order valence-electron chi connectivity index (χ0n) is 22.9. The van der Waals surface area contributed by atoms with Gasteiger partial charge in [-0.2, -0.15) is 10.4 Å². The number of rotatable bonds is 4. The maximum atomic E-state index is 9.50. The van der Waals surface area contributed by atoms with Crippen LogP contribution in [0.15, 0.2) is 36.8 Å². The highest BCUT2D eigenvalue weighted by Gasteiger charge is 2.51. The van der Waals surface area contributed by atoms with Gasteiger partial charge in [-0.05, 0) is 37.5 Å². The number of nitriles is 1. The molecule has 9 nitrogen and oxygen atoms in total. The van der Waals surface area contributed by atoms with Crippen LogP contribution >= 0.6 is 24.2 Å². The summed E-state index contributed by atoms with van der Waals surface area (Å²) < 4.78 is 16.1. The molecule has 0 amide bonds. The molecule has 0 radical (unpaired) electrons. The predicted octanol–water partition coefficient (Wildman–Crippen LogP) is 5.22. The van der Waals surface area contributed by atoms with Crippen LogP contribution in [0.5, 0.6) is 0 Å². The maximum Gasteiger partial charge on any atom is 0.151 e. The zero-order valence-corrected chi connectivity index (χ0v) is 24.6. The van der Waals surface area contributed by atoms with Gasteiger partial charge in [0.1, 0.15) is 0 Å². The maximum absolute atomic E-state index is 9.50. The van der Waals surface area contributed by atoms with E-state index in [0.29, 0.717) is 26.2 Å². The summed E-state index contributed by atoms with van der Waals surface area (Å²) in [6.45, 7) is 5.53. The number of nitrogens with zero attached hydrogens (tertiary/aromatic N) is 7. The number of thiazole rings is 1. The van der Waals surface area contributed by atoms with Gasteiger partial charge in [0.05, 0.1) is 70.7 Å². The second-order valence-corrected chi connectivity index (χ2v) is 13.1. The van der Waals surface area contributed by atoms with Gasteiger partial charge < -0.3 is 9.47 Å². The number of piperidine rings is 1. The van der Waals surface area contributed by atoms with E-state index in [4.69, 9.17) is 27.3 Å². The minimum atomic E-state index is -0.422. The van der Waals surface area contributed by atoms with E-state index >= 15 is 0 Å². The van der Waals surface area contributed by atoms with Crippen LogP contribution in [-0.4, -0.2) is 60.5 Å². The first-order valence-electron chi connectivity index (χ1n) is 13.9. The van der Waals surface area contributed by atoms with Crippen molar-refractivity contribution in [1.29, 1.82) is 5.26 Å². The van der Waals surface area contributed by atoms with E-state index in [2.05, 4.69) is 39.3 Å². The molecule has 5 aromatic rings. The van der Waals surface area contributed by atoms with Gasteiger partial charge in [0.15, 0.2) is 5.65 Å². The molecule has 1 spiro atoms. The minimum absolute atomic E-state index is 0.165. The molecule has 208 valence electrons. The minimum Gasteiger partial charge on any atom is -0.377 e. The van der Waals surface area contributed by atoms with Gasteiger partial charge in [0.25, 0.3) is 0 Å². The highest BCUT2D eigenvalue weighted by atomic mass is 32.1. The molecule has 2 saturated heterocycles. The Bertz CT molecular complexity index is 1890. The van der Waals surface area contributed by atoms with Crippen LogP contribution in [0.3, 0.4) is 0 Å². The van der Waals surface area contributed by atoms with Crippen molar-refractivity contribution in [3.05, 3.63) is 52.9 Å². The Morgan fingerprint density at radius 3 is 2.68 bits per heavy atom. The molecule has 0 N–H and O–H groups in total. The lowest BCUT2D eigenvalue weighted by Gasteiger charge is -2.52. The van der Waals surface area contributed by atoms with Gasteiger partial charge >= 0.3 is 0 Å². The van der Waals surface area contributed by atoms with Crippen molar-refractivity contribution < 1.29 is 9.47 Å². The number of hydrogen-bond donors (Lipinski definition) is 1. The lowest BCUT2D eigenvalue weighted by Crippen LogP contribution is -2.64. The fraction of sp³-hybridized carbons (Fsp3) is 0.400. The molecule has 11 heteroatoms. The van der Waals surface area contributed by atoms with Crippen LogP contribution in [0.2, 0.25) is 0 Å². The summed E-state index contributed by atoms with van der Waals surface area (Å²) in [5, 5.41) is 17.2. The Balaban J connectivity index is 1.33. The van der Waals surface area contributed by atoms with Crippen LogP contribution in [-0.2, 0) is 28.7 Å². The van der Waals surface area contributed by atoms with Crippen LogP contribution in [0, 0.1) is 18.3 Å². The normalized spacial score (nSPS) is 19.6. The second kappa shape index (κ2) is 9.11. The first-order chi connectivity index (χ1) is 19.9. The van der Waals surface area contributed by atoms with Crippen molar-refractivity contribution in [3.63, 3.8) is 0 Å². The van der Waals surface area contributed by atoms with Crippen molar-refractivity contribution in [1.82, 2.24) is 28.6 Å². The van der Waals surface area contributed by atoms with Gasteiger partial charge in [-0.15, -0.1) is 11.3 Å². The fourth-order valence-electron chi connectivity index (χ4n) is 7.10. The van der Waals surface area contributed by atoms with E-state index in [1.54, 1.807) is 11.3 Å². The highest BCUT2D eigenvalue weighted by molar-refractivity contribution is 7.79. The van der Waals surface area contributed by atoms with Crippen molar-refractivity contribution in [3.8, 4) is 27.8 Å². The first kappa shape index (κ1) is 25.4. The van der Waals surface area contributed by atoms with E-state index in [1.165, 1.54) is 5.56 Å². The average molecular weight is 584 g/mol. The molecule has 0 atom stereocenters. The van der Waals surface area contributed by atoms with Crippen LogP contribution in [0.25, 0.3) is 43.6 Å². The number of fused-ring (bicyclic) bond motifs is 5. The number of hydrogen-bond acceptors (Lipinski definition) is 9. The fourth-order valence-corrected chi connectivity index (χ4v) is 8.35. The molecule has 0 aliphatic carbocycles. The zero-order chi connectivity index (χ0) is 27.9. The number of benzene rings is 1. The lowest BCUT2D eigenvalue weighted by atomic mass is 9.79. The second-order valence-electron chi connectivity index (χ2n) is 11.5. The quantitative estimate of drug-likeness (QED) is 0.290. The van der Waals surface area contributed by atoms with Crippen molar-refractivity contribution in [2.75, 3.05) is 26.3 Å². The number of likely N-dealkylation sites (tertiary alicyclic amines) is 1. The predicted molar refractivity (Wildman–Crippen MR) is 161 cm³/mol. The van der Waals surface area contributed by atoms with E-state index in [-0.39, 0.29) is 5.54 Å².